The van der Waals surface area contributed by atoms with Gasteiger partial charge < -0.3 is 16.4 Å². The van der Waals surface area contributed by atoms with E-state index in [4.69, 9.17) is 5.73 Å². The summed E-state index contributed by atoms with van der Waals surface area (Å²) in [5.74, 6) is -0.601. The van der Waals surface area contributed by atoms with Crippen molar-refractivity contribution in [3.63, 3.8) is 0 Å². The van der Waals surface area contributed by atoms with Crippen LogP contribution in [-0.4, -0.2) is 23.9 Å². The van der Waals surface area contributed by atoms with Crippen LogP contribution in [0.2, 0.25) is 0 Å². The van der Waals surface area contributed by atoms with E-state index in [2.05, 4.69) is 10.6 Å². The Morgan fingerprint density at radius 2 is 1.79 bits per heavy atom. The Morgan fingerprint density at radius 1 is 1.21 bits per heavy atom. The van der Waals surface area contributed by atoms with E-state index in [1.165, 1.54) is 0 Å². The monoisotopic (exact) mass is 263 g/mol. The summed E-state index contributed by atoms with van der Waals surface area (Å²) >= 11 is 0. The van der Waals surface area contributed by atoms with Crippen molar-refractivity contribution in [3.05, 3.63) is 35.9 Å². The molecule has 0 aromatic heterocycles. The van der Waals surface area contributed by atoms with Gasteiger partial charge in [0.15, 0.2) is 0 Å². The fourth-order valence-corrected chi connectivity index (χ4v) is 1.55. The van der Waals surface area contributed by atoms with Gasteiger partial charge in [0.2, 0.25) is 11.8 Å². The average molecular weight is 263 g/mol. The number of hydrogen-bond donors (Lipinski definition) is 3. The molecule has 19 heavy (non-hydrogen) atoms. The van der Waals surface area contributed by atoms with Crippen molar-refractivity contribution in [2.24, 2.45) is 5.73 Å². The molecular formula is C14H21N3O2. The van der Waals surface area contributed by atoms with Gasteiger partial charge >= 0.3 is 0 Å². The maximum Gasteiger partial charge on any atom is 0.241 e. The molecule has 5 heteroatoms. The van der Waals surface area contributed by atoms with Crippen LogP contribution in [0.25, 0.3) is 0 Å². The fraction of sp³-hybridized carbons (Fsp3) is 0.429. The minimum absolute atomic E-state index is 0.0728. The lowest BCUT2D eigenvalue weighted by Gasteiger charge is -2.21. The quantitative estimate of drug-likeness (QED) is 0.748. The standard InChI is InChI=1S/C14H21N3O2/c1-14(2,3)17-11(18)9-16-13(19)12(15)10-7-5-4-6-8-10/h4-8,12H,9,15H2,1-3H3,(H,16,19)(H,17,18). The highest BCUT2D eigenvalue weighted by molar-refractivity contribution is 5.88. The van der Waals surface area contributed by atoms with E-state index >= 15 is 0 Å². The zero-order valence-electron chi connectivity index (χ0n) is 11.6. The molecule has 0 aliphatic heterocycles. The average Bonchev–Trinajstić information content (AvgIpc) is 2.34. The second-order valence-electron chi connectivity index (χ2n) is 5.40. The molecule has 0 saturated heterocycles. The number of carbonyl (C=O) groups excluding carboxylic acids is 2. The molecule has 0 aliphatic rings. The Kier molecular flexibility index (Phi) is 5.06. The molecule has 0 bridgehead atoms. The predicted molar refractivity (Wildman–Crippen MR) is 74.3 cm³/mol. The Balaban J connectivity index is 2.46. The van der Waals surface area contributed by atoms with Crippen molar-refractivity contribution in [1.82, 2.24) is 10.6 Å². The van der Waals surface area contributed by atoms with Crippen molar-refractivity contribution >= 4 is 11.8 Å². The third-order valence-corrected chi connectivity index (χ3v) is 2.38. The summed E-state index contributed by atoms with van der Waals surface area (Å²) in [5, 5.41) is 5.29. The molecule has 104 valence electrons. The molecular weight excluding hydrogens is 242 g/mol. The lowest BCUT2D eigenvalue weighted by atomic mass is 10.1. The van der Waals surface area contributed by atoms with Crippen molar-refractivity contribution in [3.8, 4) is 0 Å². The van der Waals surface area contributed by atoms with Crippen LogP contribution < -0.4 is 16.4 Å². The van der Waals surface area contributed by atoms with E-state index in [0.717, 1.165) is 5.56 Å². The predicted octanol–water partition coefficient (Wildman–Crippen LogP) is 0.717. The smallest absolute Gasteiger partial charge is 0.241 e. The molecule has 1 unspecified atom stereocenters. The Hall–Kier alpha value is -1.88. The second-order valence-corrected chi connectivity index (χ2v) is 5.40. The molecule has 1 rings (SSSR count). The Morgan fingerprint density at radius 3 is 2.32 bits per heavy atom. The van der Waals surface area contributed by atoms with Gasteiger partial charge in [-0.15, -0.1) is 0 Å². The van der Waals surface area contributed by atoms with Gasteiger partial charge in [0, 0.05) is 5.54 Å². The number of carbonyl (C=O) groups is 2. The normalized spacial score (nSPS) is 12.6. The first-order valence-electron chi connectivity index (χ1n) is 6.19. The summed E-state index contributed by atoms with van der Waals surface area (Å²) in [7, 11) is 0. The van der Waals surface area contributed by atoms with E-state index in [0.29, 0.717) is 0 Å². The lowest BCUT2D eigenvalue weighted by Crippen LogP contribution is -2.47. The summed E-state index contributed by atoms with van der Waals surface area (Å²) in [6.07, 6.45) is 0. The SMILES string of the molecule is CC(C)(C)NC(=O)CNC(=O)C(N)c1ccccc1. The highest BCUT2D eigenvalue weighted by atomic mass is 16.2. The van der Waals surface area contributed by atoms with Gasteiger partial charge in [-0.3, -0.25) is 9.59 Å². The van der Waals surface area contributed by atoms with Gasteiger partial charge in [-0.25, -0.2) is 0 Å². The third kappa shape index (κ3) is 5.52. The maximum absolute atomic E-state index is 11.8. The van der Waals surface area contributed by atoms with Crippen molar-refractivity contribution in [2.75, 3.05) is 6.54 Å². The molecule has 1 aromatic carbocycles. The number of nitrogens with one attached hydrogen (secondary N) is 2. The summed E-state index contributed by atoms with van der Waals surface area (Å²) in [5.41, 5.74) is 6.21. The number of amides is 2. The summed E-state index contributed by atoms with van der Waals surface area (Å²) in [6.45, 7) is 5.56. The van der Waals surface area contributed by atoms with E-state index < -0.39 is 6.04 Å². The van der Waals surface area contributed by atoms with Gasteiger partial charge in [-0.2, -0.15) is 0 Å². The second kappa shape index (κ2) is 6.33. The highest BCUT2D eigenvalue weighted by Gasteiger charge is 2.18. The molecule has 5 nitrogen and oxygen atoms in total. The zero-order valence-corrected chi connectivity index (χ0v) is 11.6. The van der Waals surface area contributed by atoms with E-state index in [1.807, 2.05) is 39.0 Å². The van der Waals surface area contributed by atoms with Crippen LogP contribution in [0, 0.1) is 0 Å². The van der Waals surface area contributed by atoms with Crippen LogP contribution in [0.3, 0.4) is 0 Å². The van der Waals surface area contributed by atoms with Crippen LogP contribution >= 0.6 is 0 Å². The molecule has 0 spiro atoms. The summed E-state index contributed by atoms with van der Waals surface area (Å²) in [4.78, 5) is 23.4. The molecule has 2 amide bonds. The first-order valence-corrected chi connectivity index (χ1v) is 6.19. The third-order valence-electron chi connectivity index (χ3n) is 2.38. The van der Waals surface area contributed by atoms with Crippen molar-refractivity contribution in [2.45, 2.75) is 32.4 Å². The molecule has 0 aliphatic carbocycles. The minimum atomic E-state index is -0.761. The van der Waals surface area contributed by atoms with Crippen LogP contribution in [0.5, 0.6) is 0 Å². The number of hydrogen-bond acceptors (Lipinski definition) is 3. The summed E-state index contributed by atoms with van der Waals surface area (Å²) in [6, 6.07) is 8.27. The van der Waals surface area contributed by atoms with Crippen molar-refractivity contribution in [1.29, 1.82) is 0 Å². The van der Waals surface area contributed by atoms with Gasteiger partial charge in [-0.05, 0) is 26.3 Å². The van der Waals surface area contributed by atoms with E-state index in [-0.39, 0.29) is 23.9 Å². The van der Waals surface area contributed by atoms with E-state index in [1.54, 1.807) is 12.1 Å². The minimum Gasteiger partial charge on any atom is -0.350 e. The molecule has 0 saturated carbocycles. The van der Waals surface area contributed by atoms with Crippen LogP contribution in [0.15, 0.2) is 30.3 Å². The number of rotatable bonds is 4. The van der Waals surface area contributed by atoms with Crippen LogP contribution in [0.4, 0.5) is 0 Å². The molecule has 0 heterocycles. The topological polar surface area (TPSA) is 84.2 Å². The lowest BCUT2D eigenvalue weighted by molar-refractivity contribution is -0.127. The van der Waals surface area contributed by atoms with Crippen LogP contribution in [-0.2, 0) is 9.59 Å². The fourth-order valence-electron chi connectivity index (χ4n) is 1.55. The highest BCUT2D eigenvalue weighted by Crippen LogP contribution is 2.08. The molecule has 1 aromatic rings. The van der Waals surface area contributed by atoms with E-state index in [9.17, 15) is 9.59 Å². The summed E-state index contributed by atoms with van der Waals surface area (Å²) < 4.78 is 0. The van der Waals surface area contributed by atoms with Gasteiger partial charge in [-0.1, -0.05) is 30.3 Å². The molecule has 0 fully saturated rings. The molecule has 4 N–H and O–H groups in total. The Labute approximate surface area is 113 Å². The molecule has 1 atom stereocenters. The first-order chi connectivity index (χ1) is 8.79. The first kappa shape index (κ1) is 15.2. The zero-order chi connectivity index (χ0) is 14.5. The van der Waals surface area contributed by atoms with Crippen molar-refractivity contribution < 1.29 is 9.59 Å². The van der Waals surface area contributed by atoms with Gasteiger partial charge in [0.25, 0.3) is 0 Å². The largest absolute Gasteiger partial charge is 0.350 e. The Bertz CT molecular complexity index is 438. The number of nitrogens with two attached hydrogens (primary N) is 1. The molecule has 0 radical (unpaired) electrons. The maximum atomic E-state index is 11.8. The van der Waals surface area contributed by atoms with Gasteiger partial charge in [0.1, 0.15) is 6.04 Å². The number of benzene rings is 1. The van der Waals surface area contributed by atoms with Crippen LogP contribution in [0.1, 0.15) is 32.4 Å². The van der Waals surface area contributed by atoms with Gasteiger partial charge in [0.05, 0.1) is 6.54 Å².